The van der Waals surface area contributed by atoms with Crippen molar-refractivity contribution < 1.29 is 13.9 Å². The van der Waals surface area contributed by atoms with E-state index in [4.69, 9.17) is 15.7 Å². The van der Waals surface area contributed by atoms with Crippen LogP contribution in [0.4, 0.5) is 4.39 Å². The van der Waals surface area contributed by atoms with Crippen LogP contribution in [0.3, 0.4) is 0 Å². The van der Waals surface area contributed by atoms with Gasteiger partial charge in [0.1, 0.15) is 29.3 Å². The number of nitrogens with one attached hydrogen (secondary N) is 1. The van der Waals surface area contributed by atoms with E-state index in [9.17, 15) is 9.50 Å². The Morgan fingerprint density at radius 1 is 1.40 bits per heavy atom. The molecule has 0 aliphatic rings. The van der Waals surface area contributed by atoms with E-state index in [1.165, 1.54) is 29.5 Å². The van der Waals surface area contributed by atoms with Crippen molar-refractivity contribution >= 4 is 23.6 Å². The average molecular weight is 412 g/mol. The molecular formula is C21H25FN6O2. The minimum absolute atomic E-state index is 0.102. The molecule has 0 unspecified atom stereocenters. The van der Waals surface area contributed by atoms with Gasteiger partial charge in [0.05, 0.1) is 18.3 Å². The Morgan fingerprint density at radius 2 is 2.10 bits per heavy atom. The monoisotopic (exact) mass is 412 g/mol. The summed E-state index contributed by atoms with van der Waals surface area (Å²) in [4.78, 5) is 9.14. The predicted molar refractivity (Wildman–Crippen MR) is 114 cm³/mol. The van der Waals surface area contributed by atoms with Gasteiger partial charge in [0.25, 0.3) is 0 Å². The molecular weight excluding hydrogens is 387 g/mol. The van der Waals surface area contributed by atoms with Crippen molar-refractivity contribution in [2.24, 2.45) is 16.8 Å². The van der Waals surface area contributed by atoms with Gasteiger partial charge in [-0.2, -0.15) is 4.98 Å². The Balaban J connectivity index is 2.14. The third kappa shape index (κ3) is 4.17. The van der Waals surface area contributed by atoms with Crippen LogP contribution in [0.5, 0.6) is 0 Å². The number of nitrogens with zero attached hydrogens (tertiary/aromatic N) is 4. The summed E-state index contributed by atoms with van der Waals surface area (Å²) in [6, 6.07) is 5.63. The molecule has 0 saturated carbocycles. The lowest BCUT2D eigenvalue weighted by molar-refractivity contribution is 0.145. The Morgan fingerprint density at radius 3 is 2.70 bits per heavy atom. The summed E-state index contributed by atoms with van der Waals surface area (Å²) < 4.78 is 20.6. The van der Waals surface area contributed by atoms with Crippen molar-refractivity contribution in [2.75, 3.05) is 6.61 Å². The fourth-order valence-electron chi connectivity index (χ4n) is 3.18. The second kappa shape index (κ2) is 9.02. The standard InChI is InChI=1S/C21H25FN6O2/c1-13(2)18(12-29)28(24)14(3)25-17(8-9-23)20-19(15-4-6-16(22)7-5-15)26-21-27(20)10-11-30-21/h4-11,13,18,23,29H,12,24H2,1-3H3/b17-8-,23-9?,25-14+/t18-/m0/s1. The third-order valence-electron chi connectivity index (χ3n) is 4.83. The summed E-state index contributed by atoms with van der Waals surface area (Å²) in [6.45, 7) is 5.53. The summed E-state index contributed by atoms with van der Waals surface area (Å²) >= 11 is 0. The van der Waals surface area contributed by atoms with Gasteiger partial charge < -0.3 is 14.9 Å². The highest BCUT2D eigenvalue weighted by Gasteiger charge is 2.23. The molecule has 0 aliphatic heterocycles. The van der Waals surface area contributed by atoms with E-state index in [2.05, 4.69) is 9.98 Å². The zero-order chi connectivity index (χ0) is 21.8. The molecule has 0 radical (unpaired) electrons. The first-order valence-corrected chi connectivity index (χ1v) is 9.50. The zero-order valence-electron chi connectivity index (χ0n) is 17.1. The molecule has 3 rings (SSSR count). The van der Waals surface area contributed by atoms with Crippen molar-refractivity contribution in [2.45, 2.75) is 26.8 Å². The van der Waals surface area contributed by atoms with Crippen LogP contribution >= 0.6 is 0 Å². The van der Waals surface area contributed by atoms with Gasteiger partial charge in [-0.05, 0) is 43.2 Å². The number of aliphatic hydroxyl groups excluding tert-OH is 1. The quantitative estimate of drug-likeness (QED) is 0.238. The van der Waals surface area contributed by atoms with Gasteiger partial charge in [0.15, 0.2) is 0 Å². The molecule has 2 heterocycles. The van der Waals surface area contributed by atoms with E-state index in [0.29, 0.717) is 34.3 Å². The number of hydrogen-bond acceptors (Lipinski definition) is 6. The maximum absolute atomic E-state index is 13.4. The Hall–Kier alpha value is -3.30. The van der Waals surface area contributed by atoms with E-state index >= 15 is 0 Å². The smallest absolute Gasteiger partial charge is 0.306 e. The Labute approximate surface area is 173 Å². The molecule has 8 nitrogen and oxygen atoms in total. The predicted octanol–water partition coefficient (Wildman–Crippen LogP) is 3.33. The van der Waals surface area contributed by atoms with Crippen molar-refractivity contribution in [3.63, 3.8) is 0 Å². The van der Waals surface area contributed by atoms with Gasteiger partial charge in [-0.25, -0.2) is 15.2 Å². The lowest BCUT2D eigenvalue weighted by Crippen LogP contribution is -2.49. The van der Waals surface area contributed by atoms with Gasteiger partial charge in [0.2, 0.25) is 0 Å². The minimum Gasteiger partial charge on any atom is -0.432 e. The molecule has 1 aromatic carbocycles. The van der Waals surface area contributed by atoms with Gasteiger partial charge in [0, 0.05) is 18.0 Å². The number of hydrazine groups is 1. The molecule has 3 aromatic rings. The number of rotatable bonds is 7. The molecule has 2 aromatic heterocycles. The number of amidine groups is 1. The number of oxazole rings is 1. The van der Waals surface area contributed by atoms with Crippen LogP contribution in [0.1, 0.15) is 26.5 Å². The fourth-order valence-corrected chi connectivity index (χ4v) is 3.18. The summed E-state index contributed by atoms with van der Waals surface area (Å²) in [7, 11) is 0. The van der Waals surface area contributed by atoms with Crippen molar-refractivity contribution in [1.82, 2.24) is 14.4 Å². The Kier molecular flexibility index (Phi) is 6.43. The maximum atomic E-state index is 13.4. The lowest BCUT2D eigenvalue weighted by Gasteiger charge is -2.30. The van der Waals surface area contributed by atoms with Crippen LogP contribution in [0.15, 0.2) is 52.2 Å². The largest absolute Gasteiger partial charge is 0.432 e. The molecule has 4 N–H and O–H groups in total. The number of aliphatic hydroxyl groups is 1. The highest BCUT2D eigenvalue weighted by Crippen LogP contribution is 2.31. The third-order valence-corrected chi connectivity index (χ3v) is 4.83. The van der Waals surface area contributed by atoms with Gasteiger partial charge in [-0.1, -0.05) is 13.8 Å². The van der Waals surface area contributed by atoms with E-state index in [1.807, 2.05) is 13.8 Å². The van der Waals surface area contributed by atoms with Gasteiger partial charge in [-0.15, -0.1) is 0 Å². The van der Waals surface area contributed by atoms with Crippen LogP contribution in [0.25, 0.3) is 22.8 Å². The van der Waals surface area contributed by atoms with Crippen LogP contribution in [-0.2, 0) is 0 Å². The molecule has 1 atom stereocenters. The topological polar surface area (TPSA) is 116 Å². The summed E-state index contributed by atoms with van der Waals surface area (Å²) in [6.07, 6.45) is 5.82. The number of hydrogen-bond donors (Lipinski definition) is 3. The minimum atomic E-state index is -0.352. The molecule has 0 amide bonds. The van der Waals surface area contributed by atoms with Crippen molar-refractivity contribution in [3.8, 4) is 11.3 Å². The second-order valence-corrected chi connectivity index (χ2v) is 7.15. The molecule has 158 valence electrons. The zero-order valence-corrected chi connectivity index (χ0v) is 17.1. The number of aliphatic imine (C=N–C) groups is 1. The molecule has 0 bridgehead atoms. The molecule has 30 heavy (non-hydrogen) atoms. The van der Waals surface area contributed by atoms with Gasteiger partial charge >= 0.3 is 5.84 Å². The number of nitrogens with two attached hydrogens (primary N) is 1. The summed E-state index contributed by atoms with van der Waals surface area (Å²) in [5, 5.41) is 18.7. The first-order valence-electron chi connectivity index (χ1n) is 9.50. The first-order chi connectivity index (χ1) is 14.4. The number of aromatic nitrogens is 2. The van der Waals surface area contributed by atoms with E-state index < -0.39 is 0 Å². The van der Waals surface area contributed by atoms with Crippen LogP contribution in [0, 0.1) is 17.1 Å². The molecule has 0 saturated heterocycles. The molecule has 0 aliphatic carbocycles. The normalized spacial score (nSPS) is 13.8. The first kappa shape index (κ1) is 21.4. The molecule has 9 heteroatoms. The highest BCUT2D eigenvalue weighted by atomic mass is 19.1. The van der Waals surface area contributed by atoms with Crippen molar-refractivity contribution in [1.29, 1.82) is 5.41 Å². The number of imidazole rings is 1. The van der Waals surface area contributed by atoms with Crippen LogP contribution in [0.2, 0.25) is 0 Å². The van der Waals surface area contributed by atoms with E-state index in [0.717, 1.165) is 6.21 Å². The maximum Gasteiger partial charge on any atom is 0.306 e. The number of benzene rings is 1. The SMILES string of the molecule is C/C(=N\C(=C/C=N)c1c(-c2ccc(F)cc2)nc2occn12)N(N)[C@@H](CO)C(C)C. The van der Waals surface area contributed by atoms with E-state index in [1.54, 1.807) is 29.7 Å². The number of fused-ring (bicyclic) bond motifs is 1. The lowest BCUT2D eigenvalue weighted by atomic mass is 10.0. The molecule has 0 fully saturated rings. The van der Waals surface area contributed by atoms with Gasteiger partial charge in [-0.3, -0.25) is 9.41 Å². The average Bonchev–Trinajstić information content (AvgIpc) is 3.29. The summed E-state index contributed by atoms with van der Waals surface area (Å²) in [5.41, 5.74) is 2.21. The van der Waals surface area contributed by atoms with Crippen LogP contribution < -0.4 is 5.84 Å². The fraction of sp³-hybridized carbons (Fsp3) is 0.286. The highest BCUT2D eigenvalue weighted by molar-refractivity contribution is 5.93. The number of halogens is 1. The Bertz CT molecular complexity index is 1080. The van der Waals surface area contributed by atoms with Crippen molar-refractivity contribution in [3.05, 3.63) is 54.3 Å². The van der Waals surface area contributed by atoms with E-state index in [-0.39, 0.29) is 24.4 Å². The number of allylic oxidation sites excluding steroid dienone is 1. The second-order valence-electron chi connectivity index (χ2n) is 7.15. The summed E-state index contributed by atoms with van der Waals surface area (Å²) in [5.74, 6) is 6.75. The van der Waals surface area contributed by atoms with Crippen LogP contribution in [-0.4, -0.2) is 44.2 Å². The molecule has 0 spiro atoms.